The van der Waals surface area contributed by atoms with Crippen LogP contribution in [0.5, 0.6) is 0 Å². The zero-order chi connectivity index (χ0) is 11.8. The van der Waals surface area contributed by atoms with E-state index in [1.807, 2.05) is 0 Å². The third kappa shape index (κ3) is 2.57. The van der Waals surface area contributed by atoms with Gasteiger partial charge < -0.3 is 10.2 Å². The van der Waals surface area contributed by atoms with Gasteiger partial charge in [-0.05, 0) is 31.7 Å². The summed E-state index contributed by atoms with van der Waals surface area (Å²) in [5, 5.41) is 3.42. The van der Waals surface area contributed by atoms with E-state index in [1.165, 1.54) is 31.9 Å². The second kappa shape index (κ2) is 4.26. The minimum atomic E-state index is -0.245. The highest BCUT2D eigenvalue weighted by molar-refractivity contribution is 5.48. The maximum absolute atomic E-state index is 13.3. The molecule has 2 aliphatic rings. The number of nitrogens with one attached hydrogen (secondary N) is 1. The molecule has 3 rings (SSSR count). The fourth-order valence-electron chi connectivity index (χ4n) is 2.10. The Morgan fingerprint density at radius 1 is 1.41 bits per heavy atom. The molecule has 0 amide bonds. The molecule has 4 heteroatoms. The van der Waals surface area contributed by atoms with Crippen LogP contribution in [0, 0.1) is 5.82 Å². The summed E-state index contributed by atoms with van der Waals surface area (Å²) in [6.07, 6.45) is 6.26. The van der Waals surface area contributed by atoms with Crippen molar-refractivity contribution in [2.24, 2.45) is 0 Å². The molecule has 92 valence electrons. The Kier molecular flexibility index (Phi) is 2.74. The van der Waals surface area contributed by atoms with E-state index in [1.54, 1.807) is 6.07 Å². The molecule has 0 bridgehead atoms. The van der Waals surface area contributed by atoms with Gasteiger partial charge in [0.1, 0.15) is 11.6 Å². The zero-order valence-electron chi connectivity index (χ0n) is 10.1. The summed E-state index contributed by atoms with van der Waals surface area (Å²) in [6, 6.07) is 2.85. The smallest absolute Gasteiger partial charge is 0.141 e. The first-order valence-corrected chi connectivity index (χ1v) is 6.34. The monoisotopic (exact) mass is 235 g/mol. The summed E-state index contributed by atoms with van der Waals surface area (Å²) < 4.78 is 13.3. The Labute approximate surface area is 101 Å². The molecule has 1 aromatic rings. The lowest BCUT2D eigenvalue weighted by atomic mass is 10.2. The SMILES string of the molecule is CN(c1ncc(F)cc1CNC1CC1)C1CC1. The van der Waals surface area contributed by atoms with Gasteiger partial charge in [-0.1, -0.05) is 0 Å². The van der Waals surface area contributed by atoms with E-state index in [4.69, 9.17) is 0 Å². The lowest BCUT2D eigenvalue weighted by Gasteiger charge is -2.21. The molecule has 0 radical (unpaired) electrons. The van der Waals surface area contributed by atoms with Crippen molar-refractivity contribution in [2.75, 3.05) is 11.9 Å². The van der Waals surface area contributed by atoms with Crippen molar-refractivity contribution in [3.05, 3.63) is 23.6 Å². The molecule has 0 unspecified atom stereocenters. The quantitative estimate of drug-likeness (QED) is 0.847. The Balaban J connectivity index is 1.78. The lowest BCUT2D eigenvalue weighted by molar-refractivity contribution is 0.610. The van der Waals surface area contributed by atoms with E-state index in [9.17, 15) is 4.39 Å². The van der Waals surface area contributed by atoms with Crippen LogP contribution < -0.4 is 10.2 Å². The van der Waals surface area contributed by atoms with Crippen LogP contribution in [0.4, 0.5) is 10.2 Å². The van der Waals surface area contributed by atoms with Gasteiger partial charge in [0, 0.05) is 31.2 Å². The number of nitrogens with zero attached hydrogens (tertiary/aromatic N) is 2. The van der Waals surface area contributed by atoms with Gasteiger partial charge >= 0.3 is 0 Å². The highest BCUT2D eigenvalue weighted by Crippen LogP contribution is 2.31. The molecule has 1 heterocycles. The second-order valence-corrected chi connectivity index (χ2v) is 5.13. The van der Waals surface area contributed by atoms with Gasteiger partial charge in [-0.3, -0.25) is 0 Å². The van der Waals surface area contributed by atoms with Gasteiger partial charge in [-0.2, -0.15) is 0 Å². The Hall–Kier alpha value is -1.16. The maximum atomic E-state index is 13.3. The van der Waals surface area contributed by atoms with E-state index >= 15 is 0 Å². The van der Waals surface area contributed by atoms with Crippen LogP contribution in [-0.2, 0) is 6.54 Å². The van der Waals surface area contributed by atoms with Gasteiger partial charge in [0.25, 0.3) is 0 Å². The van der Waals surface area contributed by atoms with Crippen molar-refractivity contribution in [3.8, 4) is 0 Å². The van der Waals surface area contributed by atoms with Gasteiger partial charge in [0.15, 0.2) is 0 Å². The molecule has 17 heavy (non-hydrogen) atoms. The Bertz CT molecular complexity index is 413. The third-order valence-corrected chi connectivity index (χ3v) is 3.50. The topological polar surface area (TPSA) is 28.2 Å². The van der Waals surface area contributed by atoms with Gasteiger partial charge in [-0.25, -0.2) is 9.37 Å². The molecule has 3 nitrogen and oxygen atoms in total. The molecule has 2 saturated carbocycles. The first-order valence-electron chi connectivity index (χ1n) is 6.34. The molecule has 0 saturated heterocycles. The van der Waals surface area contributed by atoms with E-state index in [-0.39, 0.29) is 5.82 Å². The standard InChI is InChI=1S/C13H18FN3/c1-17(12-4-5-12)13-9(6-10(14)8-16-13)7-15-11-2-3-11/h6,8,11-12,15H,2-5,7H2,1H3. The van der Waals surface area contributed by atoms with E-state index in [2.05, 4.69) is 22.2 Å². The molecule has 2 fully saturated rings. The van der Waals surface area contributed by atoms with E-state index in [0.717, 1.165) is 17.9 Å². The Morgan fingerprint density at radius 3 is 2.82 bits per heavy atom. The summed E-state index contributed by atoms with van der Waals surface area (Å²) in [5.41, 5.74) is 0.978. The third-order valence-electron chi connectivity index (χ3n) is 3.50. The van der Waals surface area contributed by atoms with Crippen molar-refractivity contribution in [3.63, 3.8) is 0 Å². The van der Waals surface area contributed by atoms with E-state index < -0.39 is 0 Å². The van der Waals surface area contributed by atoms with Crippen LogP contribution in [0.3, 0.4) is 0 Å². The predicted octanol–water partition coefficient (Wildman–Crippen LogP) is 2.07. The maximum Gasteiger partial charge on any atom is 0.141 e. The number of anilines is 1. The van der Waals surface area contributed by atoms with Crippen molar-refractivity contribution in [1.29, 1.82) is 0 Å². The van der Waals surface area contributed by atoms with Crippen molar-refractivity contribution in [2.45, 2.75) is 44.3 Å². The fourth-order valence-corrected chi connectivity index (χ4v) is 2.10. The van der Waals surface area contributed by atoms with E-state index in [0.29, 0.717) is 12.1 Å². The van der Waals surface area contributed by atoms with Crippen LogP contribution >= 0.6 is 0 Å². The molecular formula is C13H18FN3. The summed E-state index contributed by atoms with van der Waals surface area (Å²) in [7, 11) is 2.05. The van der Waals surface area contributed by atoms with Crippen LogP contribution in [0.15, 0.2) is 12.3 Å². The van der Waals surface area contributed by atoms with Gasteiger partial charge in [0.05, 0.1) is 6.20 Å². The zero-order valence-corrected chi connectivity index (χ0v) is 10.1. The minimum Gasteiger partial charge on any atom is -0.356 e. The van der Waals surface area contributed by atoms with Crippen LogP contribution in [0.1, 0.15) is 31.2 Å². The van der Waals surface area contributed by atoms with Gasteiger partial charge in [0.2, 0.25) is 0 Å². The highest BCUT2D eigenvalue weighted by atomic mass is 19.1. The van der Waals surface area contributed by atoms with Crippen LogP contribution in [0.25, 0.3) is 0 Å². The molecule has 1 aromatic heterocycles. The van der Waals surface area contributed by atoms with Crippen LogP contribution in [0.2, 0.25) is 0 Å². The molecule has 0 atom stereocenters. The highest BCUT2D eigenvalue weighted by Gasteiger charge is 2.29. The number of aromatic nitrogens is 1. The van der Waals surface area contributed by atoms with Gasteiger partial charge in [-0.15, -0.1) is 0 Å². The van der Waals surface area contributed by atoms with Crippen molar-refractivity contribution >= 4 is 5.82 Å². The normalized spacial score (nSPS) is 19.4. The summed E-state index contributed by atoms with van der Waals surface area (Å²) in [4.78, 5) is 6.43. The number of halogens is 1. The van der Waals surface area contributed by atoms with Crippen molar-refractivity contribution < 1.29 is 4.39 Å². The van der Waals surface area contributed by atoms with Crippen LogP contribution in [-0.4, -0.2) is 24.1 Å². The number of hydrogen-bond acceptors (Lipinski definition) is 3. The first-order chi connectivity index (χ1) is 8.24. The second-order valence-electron chi connectivity index (χ2n) is 5.13. The molecule has 2 aliphatic carbocycles. The summed E-state index contributed by atoms with van der Waals surface area (Å²) >= 11 is 0. The number of pyridine rings is 1. The molecule has 1 N–H and O–H groups in total. The molecule has 0 aromatic carbocycles. The molecule has 0 aliphatic heterocycles. The minimum absolute atomic E-state index is 0.245. The number of rotatable bonds is 5. The predicted molar refractivity (Wildman–Crippen MR) is 65.5 cm³/mol. The number of hydrogen-bond donors (Lipinski definition) is 1. The molecule has 0 spiro atoms. The summed E-state index contributed by atoms with van der Waals surface area (Å²) in [6.45, 7) is 0.724. The average molecular weight is 235 g/mol. The lowest BCUT2D eigenvalue weighted by Crippen LogP contribution is -2.24. The fraction of sp³-hybridized carbons (Fsp3) is 0.615. The van der Waals surface area contributed by atoms with Crippen molar-refractivity contribution in [1.82, 2.24) is 10.3 Å². The average Bonchev–Trinajstić information content (AvgIpc) is 3.17. The summed E-state index contributed by atoms with van der Waals surface area (Å²) in [5.74, 6) is 0.688. The Morgan fingerprint density at radius 2 is 2.18 bits per heavy atom. The first kappa shape index (κ1) is 11.0. The largest absolute Gasteiger partial charge is 0.356 e. The molecular weight excluding hydrogens is 217 g/mol.